The molecule has 8 heteroatoms. The molecule has 3 heterocycles. The maximum absolute atomic E-state index is 5.68. The summed E-state index contributed by atoms with van der Waals surface area (Å²) in [5, 5.41) is 8.36. The molecule has 0 spiro atoms. The molecule has 0 amide bonds. The highest BCUT2D eigenvalue weighted by atomic mass is 16.6. The molecule has 8 nitrogen and oxygen atoms in total. The second-order valence-electron chi connectivity index (χ2n) is 8.17. The van der Waals surface area contributed by atoms with Gasteiger partial charge in [0.1, 0.15) is 12.1 Å². The molecule has 0 atom stereocenters. The van der Waals surface area contributed by atoms with Crippen molar-refractivity contribution < 1.29 is 9.36 Å². The molecule has 162 valence electrons. The first-order chi connectivity index (χ1) is 15.0. The molecule has 2 aromatic heterocycles. The van der Waals surface area contributed by atoms with E-state index in [4.69, 9.17) is 9.36 Å². The molecular weight excluding hydrogens is 392 g/mol. The van der Waals surface area contributed by atoms with Crippen molar-refractivity contribution in [3.8, 4) is 5.88 Å². The SMILES string of the molecule is CC(=NOc1ncnc(N2CCC(c3nc(C(C)C)no3)CC2)c1C)c1ccccc1. The Labute approximate surface area is 182 Å². The summed E-state index contributed by atoms with van der Waals surface area (Å²) in [7, 11) is 0. The van der Waals surface area contributed by atoms with Crippen LogP contribution in [-0.4, -0.2) is 38.9 Å². The van der Waals surface area contributed by atoms with Crippen molar-refractivity contribution in [3.63, 3.8) is 0 Å². The van der Waals surface area contributed by atoms with E-state index in [0.717, 1.165) is 60.3 Å². The lowest BCUT2D eigenvalue weighted by Gasteiger charge is -2.32. The minimum atomic E-state index is 0.271. The Morgan fingerprint density at radius 1 is 1.16 bits per heavy atom. The van der Waals surface area contributed by atoms with Crippen LogP contribution in [0.15, 0.2) is 46.3 Å². The van der Waals surface area contributed by atoms with E-state index in [0.29, 0.717) is 5.88 Å². The van der Waals surface area contributed by atoms with Gasteiger partial charge in [0.25, 0.3) is 5.88 Å². The lowest BCUT2D eigenvalue weighted by atomic mass is 9.96. The van der Waals surface area contributed by atoms with E-state index in [1.54, 1.807) is 0 Å². The first kappa shape index (κ1) is 21.0. The van der Waals surface area contributed by atoms with Gasteiger partial charge in [0, 0.05) is 24.9 Å². The van der Waals surface area contributed by atoms with Crippen molar-refractivity contribution in [1.82, 2.24) is 20.1 Å². The van der Waals surface area contributed by atoms with Gasteiger partial charge in [-0.25, -0.2) is 4.98 Å². The molecule has 0 N–H and O–H groups in total. The van der Waals surface area contributed by atoms with Crippen molar-refractivity contribution in [2.24, 2.45) is 5.16 Å². The van der Waals surface area contributed by atoms with Gasteiger partial charge >= 0.3 is 0 Å². The Hall–Kier alpha value is -3.29. The van der Waals surface area contributed by atoms with Crippen LogP contribution in [0, 0.1) is 6.92 Å². The highest BCUT2D eigenvalue weighted by Crippen LogP contribution is 2.32. The number of aromatic nitrogens is 4. The molecule has 1 aromatic carbocycles. The molecular formula is C23H28N6O2. The molecule has 0 radical (unpaired) electrons. The van der Waals surface area contributed by atoms with Crippen LogP contribution in [0.25, 0.3) is 0 Å². The Balaban J connectivity index is 1.42. The summed E-state index contributed by atoms with van der Waals surface area (Å²) in [6.07, 6.45) is 3.40. The molecule has 1 aliphatic rings. The Bertz CT molecular complexity index is 1040. The molecule has 31 heavy (non-hydrogen) atoms. The number of oxime groups is 1. The van der Waals surface area contributed by atoms with Crippen molar-refractivity contribution in [3.05, 3.63) is 59.5 Å². The van der Waals surface area contributed by atoms with E-state index in [1.165, 1.54) is 6.33 Å². The monoisotopic (exact) mass is 420 g/mol. The summed E-state index contributed by atoms with van der Waals surface area (Å²) >= 11 is 0. The average molecular weight is 421 g/mol. The highest BCUT2D eigenvalue weighted by molar-refractivity contribution is 5.98. The zero-order valence-electron chi connectivity index (χ0n) is 18.4. The van der Waals surface area contributed by atoms with Crippen LogP contribution >= 0.6 is 0 Å². The zero-order chi connectivity index (χ0) is 21.8. The van der Waals surface area contributed by atoms with Gasteiger partial charge in [-0.15, -0.1) is 0 Å². The number of rotatable bonds is 6. The van der Waals surface area contributed by atoms with E-state index in [-0.39, 0.29) is 11.8 Å². The second kappa shape index (κ2) is 9.24. The first-order valence-corrected chi connectivity index (χ1v) is 10.7. The average Bonchev–Trinajstić information content (AvgIpc) is 3.30. The Kier molecular flexibility index (Phi) is 6.25. The molecule has 0 saturated carbocycles. The predicted octanol–water partition coefficient (Wildman–Crippen LogP) is 4.48. The van der Waals surface area contributed by atoms with Crippen LogP contribution in [0.2, 0.25) is 0 Å². The van der Waals surface area contributed by atoms with Gasteiger partial charge in [0.2, 0.25) is 5.89 Å². The molecule has 0 bridgehead atoms. The lowest BCUT2D eigenvalue weighted by molar-refractivity contribution is 0.321. The van der Waals surface area contributed by atoms with Crippen molar-refractivity contribution >= 4 is 11.5 Å². The maximum Gasteiger partial charge on any atom is 0.256 e. The standard InChI is InChI=1S/C23H28N6O2/c1-15(2)20-26-23(31-28-20)19-10-12-29(13-11-19)21-16(3)22(25-14-24-21)30-27-17(4)18-8-6-5-7-9-18/h5-9,14-15,19H,10-13H2,1-4H3. The summed E-state index contributed by atoms with van der Waals surface area (Å²) in [5.74, 6) is 3.43. The minimum absolute atomic E-state index is 0.271. The zero-order valence-corrected chi connectivity index (χ0v) is 18.4. The summed E-state index contributed by atoms with van der Waals surface area (Å²) in [5.41, 5.74) is 2.69. The molecule has 1 aliphatic heterocycles. The van der Waals surface area contributed by atoms with Crippen LogP contribution in [-0.2, 0) is 0 Å². The lowest BCUT2D eigenvalue weighted by Crippen LogP contribution is -2.34. The number of piperidine rings is 1. The fourth-order valence-corrected chi connectivity index (χ4v) is 3.67. The van der Waals surface area contributed by atoms with Crippen molar-refractivity contribution in [2.45, 2.75) is 52.4 Å². The van der Waals surface area contributed by atoms with Gasteiger partial charge in [0.05, 0.1) is 11.3 Å². The van der Waals surface area contributed by atoms with Gasteiger partial charge in [-0.1, -0.05) is 54.5 Å². The third kappa shape index (κ3) is 4.73. The fourth-order valence-electron chi connectivity index (χ4n) is 3.67. The van der Waals surface area contributed by atoms with Crippen molar-refractivity contribution in [1.29, 1.82) is 0 Å². The van der Waals surface area contributed by atoms with Gasteiger partial charge in [-0.2, -0.15) is 9.97 Å². The number of anilines is 1. The van der Waals surface area contributed by atoms with E-state index < -0.39 is 0 Å². The maximum atomic E-state index is 5.68. The van der Waals surface area contributed by atoms with Crippen LogP contribution < -0.4 is 9.74 Å². The molecule has 4 rings (SSSR count). The van der Waals surface area contributed by atoms with Crippen LogP contribution in [0.4, 0.5) is 5.82 Å². The second-order valence-corrected chi connectivity index (χ2v) is 8.17. The number of hydrogen-bond donors (Lipinski definition) is 0. The predicted molar refractivity (Wildman–Crippen MR) is 119 cm³/mol. The van der Waals surface area contributed by atoms with E-state index in [1.807, 2.05) is 44.2 Å². The quantitative estimate of drug-likeness (QED) is 0.429. The summed E-state index contributed by atoms with van der Waals surface area (Å²) in [6, 6.07) is 9.92. The number of benzene rings is 1. The molecule has 1 fully saturated rings. The van der Waals surface area contributed by atoms with E-state index in [2.05, 4.69) is 44.0 Å². The van der Waals surface area contributed by atoms with Gasteiger partial charge in [-0.3, -0.25) is 0 Å². The summed E-state index contributed by atoms with van der Waals surface area (Å²) in [6.45, 7) is 9.73. The molecule has 1 saturated heterocycles. The smallest absolute Gasteiger partial charge is 0.256 e. The molecule has 3 aromatic rings. The Morgan fingerprint density at radius 3 is 2.58 bits per heavy atom. The van der Waals surface area contributed by atoms with Crippen LogP contribution in [0.5, 0.6) is 5.88 Å². The summed E-state index contributed by atoms with van der Waals surface area (Å²) in [4.78, 5) is 21.3. The summed E-state index contributed by atoms with van der Waals surface area (Å²) < 4.78 is 5.50. The largest absolute Gasteiger partial charge is 0.356 e. The minimum Gasteiger partial charge on any atom is -0.356 e. The topological polar surface area (TPSA) is 89.5 Å². The first-order valence-electron chi connectivity index (χ1n) is 10.7. The number of hydrogen-bond acceptors (Lipinski definition) is 8. The van der Waals surface area contributed by atoms with Gasteiger partial charge in [-0.05, 0) is 32.3 Å². The van der Waals surface area contributed by atoms with Crippen molar-refractivity contribution in [2.75, 3.05) is 18.0 Å². The normalized spacial score (nSPS) is 15.5. The van der Waals surface area contributed by atoms with E-state index >= 15 is 0 Å². The van der Waals surface area contributed by atoms with Crippen LogP contribution in [0.3, 0.4) is 0 Å². The Morgan fingerprint density at radius 2 is 1.90 bits per heavy atom. The third-order valence-corrected chi connectivity index (χ3v) is 5.59. The number of nitrogens with zero attached hydrogens (tertiary/aromatic N) is 6. The van der Waals surface area contributed by atoms with Gasteiger partial charge < -0.3 is 14.3 Å². The van der Waals surface area contributed by atoms with E-state index in [9.17, 15) is 0 Å². The van der Waals surface area contributed by atoms with Crippen LogP contribution in [0.1, 0.15) is 68.3 Å². The molecule has 0 unspecified atom stereocenters. The molecule has 0 aliphatic carbocycles. The third-order valence-electron chi connectivity index (χ3n) is 5.59. The highest BCUT2D eigenvalue weighted by Gasteiger charge is 2.27. The van der Waals surface area contributed by atoms with Gasteiger partial charge in [0.15, 0.2) is 5.82 Å². The fraction of sp³-hybridized carbons (Fsp3) is 0.435.